The molecule has 1 saturated heterocycles. The molecule has 2 fully saturated rings. The predicted octanol–water partition coefficient (Wildman–Crippen LogP) is 6.49. The highest BCUT2D eigenvalue weighted by Crippen LogP contribution is 2.41. The standard InChI is InChI=1S/C29H37F3N2O3/c1-3-22-18-24(10-12-27(22)34-15-13-33(14-16-34)20(2)28(35)36)37-19-21-9-11-25(23-7-5-4-6-8-23)26(17-21)29(30,31)32/h9-12,17-18,20,23H,3-8,13-16,19H2,1-2H3,(H,35,36). The van der Waals surface area contributed by atoms with Crippen LogP contribution >= 0.6 is 0 Å². The summed E-state index contributed by atoms with van der Waals surface area (Å²) in [5, 5.41) is 9.27. The molecule has 0 aromatic heterocycles. The van der Waals surface area contributed by atoms with Crippen molar-refractivity contribution in [3.63, 3.8) is 0 Å². The molecule has 202 valence electrons. The topological polar surface area (TPSA) is 53.0 Å². The Morgan fingerprint density at radius 2 is 1.76 bits per heavy atom. The number of halogens is 3. The molecule has 1 atom stereocenters. The predicted molar refractivity (Wildman–Crippen MR) is 138 cm³/mol. The Morgan fingerprint density at radius 3 is 2.38 bits per heavy atom. The first-order valence-corrected chi connectivity index (χ1v) is 13.3. The summed E-state index contributed by atoms with van der Waals surface area (Å²) in [6, 6.07) is 10.0. The van der Waals surface area contributed by atoms with Crippen LogP contribution in [0.15, 0.2) is 36.4 Å². The van der Waals surface area contributed by atoms with E-state index in [4.69, 9.17) is 4.74 Å². The van der Waals surface area contributed by atoms with Crippen molar-refractivity contribution in [3.8, 4) is 5.75 Å². The first kappa shape index (κ1) is 27.3. The third-order valence-corrected chi connectivity index (χ3v) is 7.87. The van der Waals surface area contributed by atoms with Gasteiger partial charge in [0.05, 0.1) is 5.56 Å². The molecule has 0 bridgehead atoms. The number of hydrogen-bond donors (Lipinski definition) is 1. The second kappa shape index (κ2) is 11.8. The molecular formula is C29H37F3N2O3. The van der Waals surface area contributed by atoms with Crippen LogP contribution in [0.1, 0.15) is 74.1 Å². The fraction of sp³-hybridized carbons (Fsp3) is 0.552. The van der Waals surface area contributed by atoms with E-state index in [0.717, 1.165) is 62.9 Å². The van der Waals surface area contributed by atoms with Crippen molar-refractivity contribution in [2.24, 2.45) is 0 Å². The van der Waals surface area contributed by atoms with E-state index >= 15 is 0 Å². The number of piperazine rings is 1. The number of aliphatic carboxylic acids is 1. The number of rotatable bonds is 8. The molecule has 2 aliphatic rings. The van der Waals surface area contributed by atoms with Crippen molar-refractivity contribution < 1.29 is 27.8 Å². The smallest absolute Gasteiger partial charge is 0.416 e. The molecule has 1 saturated carbocycles. The minimum absolute atomic E-state index is 0.0193. The van der Waals surface area contributed by atoms with E-state index in [1.54, 1.807) is 19.1 Å². The van der Waals surface area contributed by atoms with Gasteiger partial charge in [-0.15, -0.1) is 0 Å². The summed E-state index contributed by atoms with van der Waals surface area (Å²) < 4.78 is 47.6. The molecule has 2 aromatic carbocycles. The van der Waals surface area contributed by atoms with Crippen LogP contribution in [0.2, 0.25) is 0 Å². The number of aryl methyl sites for hydroxylation is 1. The van der Waals surface area contributed by atoms with Gasteiger partial charge in [-0.05, 0) is 73.1 Å². The van der Waals surface area contributed by atoms with E-state index in [9.17, 15) is 23.1 Å². The largest absolute Gasteiger partial charge is 0.489 e. The number of ether oxygens (including phenoxy) is 1. The van der Waals surface area contributed by atoms with Gasteiger partial charge in [0.25, 0.3) is 0 Å². The molecule has 4 rings (SSSR count). The van der Waals surface area contributed by atoms with E-state index in [-0.39, 0.29) is 12.5 Å². The molecule has 5 nitrogen and oxygen atoms in total. The Hall–Kier alpha value is -2.74. The zero-order chi connectivity index (χ0) is 26.6. The maximum Gasteiger partial charge on any atom is 0.416 e. The molecule has 1 N–H and O–H groups in total. The molecular weight excluding hydrogens is 481 g/mol. The summed E-state index contributed by atoms with van der Waals surface area (Å²) in [7, 11) is 0. The number of benzene rings is 2. The van der Waals surface area contributed by atoms with Crippen LogP contribution in [0.5, 0.6) is 5.75 Å². The maximum absolute atomic E-state index is 13.9. The van der Waals surface area contributed by atoms with Crippen molar-refractivity contribution in [2.75, 3.05) is 31.1 Å². The van der Waals surface area contributed by atoms with Gasteiger partial charge >= 0.3 is 12.1 Å². The van der Waals surface area contributed by atoms with Crippen molar-refractivity contribution in [2.45, 2.75) is 77.1 Å². The fourth-order valence-electron chi connectivity index (χ4n) is 5.62. The van der Waals surface area contributed by atoms with Crippen molar-refractivity contribution >= 4 is 11.7 Å². The fourth-order valence-corrected chi connectivity index (χ4v) is 5.62. The van der Waals surface area contributed by atoms with E-state index in [1.807, 2.05) is 23.1 Å². The molecule has 1 unspecified atom stereocenters. The molecule has 0 spiro atoms. The molecule has 2 aromatic rings. The van der Waals surface area contributed by atoms with Gasteiger partial charge in [0, 0.05) is 31.9 Å². The minimum atomic E-state index is -4.38. The Labute approximate surface area is 217 Å². The number of hydrogen-bond acceptors (Lipinski definition) is 4. The molecule has 37 heavy (non-hydrogen) atoms. The van der Waals surface area contributed by atoms with Gasteiger partial charge in [0.2, 0.25) is 0 Å². The summed E-state index contributed by atoms with van der Waals surface area (Å²) in [6.45, 7) is 6.66. The second-order valence-electron chi connectivity index (χ2n) is 10.2. The SMILES string of the molecule is CCc1cc(OCc2ccc(C3CCCCC3)c(C(F)(F)F)c2)ccc1N1CCN(C(C)C(=O)O)CC1. The lowest BCUT2D eigenvalue weighted by atomic mass is 9.81. The van der Waals surface area contributed by atoms with E-state index in [2.05, 4.69) is 11.8 Å². The molecule has 0 radical (unpaired) electrons. The summed E-state index contributed by atoms with van der Waals surface area (Å²) in [6.07, 6.45) is 1.11. The summed E-state index contributed by atoms with van der Waals surface area (Å²) in [4.78, 5) is 15.5. The molecule has 8 heteroatoms. The van der Waals surface area contributed by atoms with Crippen molar-refractivity contribution in [3.05, 3.63) is 58.7 Å². The number of anilines is 1. The first-order valence-electron chi connectivity index (χ1n) is 13.3. The monoisotopic (exact) mass is 518 g/mol. The number of carboxylic acids is 1. The lowest BCUT2D eigenvalue weighted by molar-refractivity contribution is -0.142. The summed E-state index contributed by atoms with van der Waals surface area (Å²) >= 11 is 0. The first-order chi connectivity index (χ1) is 17.7. The van der Waals surface area contributed by atoms with Gasteiger partial charge in [-0.25, -0.2) is 0 Å². The highest BCUT2D eigenvalue weighted by molar-refractivity contribution is 5.73. The van der Waals surface area contributed by atoms with Gasteiger partial charge < -0.3 is 14.7 Å². The third kappa shape index (κ3) is 6.58. The van der Waals surface area contributed by atoms with Crippen LogP contribution in [-0.4, -0.2) is 48.2 Å². The summed E-state index contributed by atoms with van der Waals surface area (Å²) in [5.41, 5.74) is 2.60. The Morgan fingerprint density at radius 1 is 1.05 bits per heavy atom. The Kier molecular flexibility index (Phi) is 8.67. The van der Waals surface area contributed by atoms with Gasteiger partial charge in [-0.3, -0.25) is 9.69 Å². The van der Waals surface area contributed by atoms with E-state index in [1.165, 1.54) is 6.07 Å². The van der Waals surface area contributed by atoms with Crippen LogP contribution in [-0.2, 0) is 24.0 Å². The lowest BCUT2D eigenvalue weighted by Gasteiger charge is -2.38. The van der Waals surface area contributed by atoms with Gasteiger partial charge in [0.1, 0.15) is 18.4 Å². The average molecular weight is 519 g/mol. The van der Waals surface area contributed by atoms with Crippen LogP contribution in [0.25, 0.3) is 0 Å². The summed E-state index contributed by atoms with van der Waals surface area (Å²) in [5.74, 6) is -0.201. The van der Waals surface area contributed by atoms with Crippen LogP contribution in [0, 0.1) is 0 Å². The molecule has 1 heterocycles. The highest BCUT2D eigenvalue weighted by atomic mass is 19.4. The number of alkyl halides is 3. The zero-order valence-corrected chi connectivity index (χ0v) is 21.7. The van der Waals surface area contributed by atoms with E-state index < -0.39 is 23.8 Å². The number of carboxylic acid groups (broad SMARTS) is 1. The second-order valence-corrected chi connectivity index (χ2v) is 10.2. The maximum atomic E-state index is 13.9. The lowest BCUT2D eigenvalue weighted by Crippen LogP contribution is -2.51. The zero-order valence-electron chi connectivity index (χ0n) is 21.7. The molecule has 1 aliphatic carbocycles. The van der Waals surface area contributed by atoms with Crippen molar-refractivity contribution in [1.82, 2.24) is 4.90 Å². The Balaban J connectivity index is 1.43. The normalized spacial score (nSPS) is 18.6. The van der Waals surface area contributed by atoms with Crippen LogP contribution in [0.3, 0.4) is 0 Å². The third-order valence-electron chi connectivity index (χ3n) is 7.87. The average Bonchev–Trinajstić information content (AvgIpc) is 2.91. The Bertz CT molecular complexity index is 1070. The number of carbonyl (C=O) groups is 1. The van der Waals surface area contributed by atoms with Crippen LogP contribution < -0.4 is 9.64 Å². The van der Waals surface area contributed by atoms with Gasteiger partial charge in [0.15, 0.2) is 0 Å². The van der Waals surface area contributed by atoms with Gasteiger partial charge in [-0.2, -0.15) is 13.2 Å². The van der Waals surface area contributed by atoms with Crippen LogP contribution in [0.4, 0.5) is 18.9 Å². The van der Waals surface area contributed by atoms with Gasteiger partial charge in [-0.1, -0.05) is 38.3 Å². The molecule has 1 aliphatic heterocycles. The minimum Gasteiger partial charge on any atom is -0.489 e. The van der Waals surface area contributed by atoms with E-state index in [0.29, 0.717) is 30.0 Å². The van der Waals surface area contributed by atoms with Crippen molar-refractivity contribution in [1.29, 1.82) is 0 Å². The number of nitrogens with zero attached hydrogens (tertiary/aromatic N) is 2. The molecule has 0 amide bonds. The quantitative estimate of drug-likeness (QED) is 0.433. The highest BCUT2D eigenvalue weighted by Gasteiger charge is 2.36.